The van der Waals surface area contributed by atoms with Crippen LogP contribution in [0.15, 0.2) is 218 Å². The normalized spacial score (nSPS) is 13.3. The van der Waals surface area contributed by atoms with E-state index < -0.39 is 12.1 Å². The molecule has 56 heavy (non-hydrogen) atoms. The van der Waals surface area contributed by atoms with Gasteiger partial charge < -0.3 is 9.13 Å². The van der Waals surface area contributed by atoms with Crippen molar-refractivity contribution >= 4 is 43.6 Å². The van der Waals surface area contributed by atoms with E-state index in [2.05, 4.69) is 71.3 Å². The molecule has 0 radical (unpaired) electrons. The second-order valence-corrected chi connectivity index (χ2v) is 14.0. The molecule has 0 fully saturated rings. The molecule has 0 unspecified atom stereocenters. The van der Waals surface area contributed by atoms with Gasteiger partial charge in [0.1, 0.15) is 0 Å². The number of aromatic nitrogens is 2. The summed E-state index contributed by atoms with van der Waals surface area (Å²) in [5.41, 5.74) is 10.8. The quantitative estimate of drug-likeness (QED) is 0.162. The lowest BCUT2D eigenvalue weighted by atomic mass is 9.99. The molecule has 0 aliphatic carbocycles. The standard InChI is InChI=1S/C54H36N2/c1-4-13-37(14-5-1)40-23-28-45(29-24-40)55-53-30-25-42(39-17-8-3-9-18-39)34-49(53)50-36-44(27-32-54(50)55)43-26-31-52-48(35-43)47-21-10-11-22-51(47)56(52)46-20-12-19-41(33-46)38-15-6-2-7-16-38/h1-36H/i10D,11D,21D,22D,26D,31D,35D. The molecular weight excluding hydrogens is 677 g/mol. The first kappa shape index (κ1) is 25.6. The summed E-state index contributed by atoms with van der Waals surface area (Å²) >= 11 is 0. The zero-order valence-corrected chi connectivity index (χ0v) is 30.1. The van der Waals surface area contributed by atoms with Crippen molar-refractivity contribution in [2.75, 3.05) is 0 Å². The highest BCUT2D eigenvalue weighted by Gasteiger charge is 2.17. The number of para-hydroxylation sites is 1. The van der Waals surface area contributed by atoms with Crippen LogP contribution in [0.2, 0.25) is 0 Å². The van der Waals surface area contributed by atoms with Gasteiger partial charge in [-0.2, -0.15) is 0 Å². The van der Waals surface area contributed by atoms with Gasteiger partial charge in [0.25, 0.3) is 0 Å². The Balaban J connectivity index is 1.17. The predicted molar refractivity (Wildman–Crippen MR) is 237 cm³/mol. The van der Waals surface area contributed by atoms with Crippen LogP contribution in [0.3, 0.4) is 0 Å². The minimum absolute atomic E-state index is 0.0800. The number of hydrogen-bond donors (Lipinski definition) is 0. The van der Waals surface area contributed by atoms with Crippen LogP contribution in [-0.2, 0) is 0 Å². The highest BCUT2D eigenvalue weighted by Crippen LogP contribution is 2.40. The lowest BCUT2D eigenvalue weighted by molar-refractivity contribution is 1.18. The molecule has 9 aromatic carbocycles. The monoisotopic (exact) mass is 719 g/mol. The molecule has 262 valence electrons. The van der Waals surface area contributed by atoms with Crippen LogP contribution < -0.4 is 0 Å². The van der Waals surface area contributed by atoms with Crippen molar-refractivity contribution in [1.82, 2.24) is 9.13 Å². The number of nitrogens with zero attached hydrogens (tertiary/aromatic N) is 2. The maximum Gasteiger partial charge on any atom is 0.0645 e. The van der Waals surface area contributed by atoms with Crippen LogP contribution in [-0.4, -0.2) is 9.13 Å². The van der Waals surface area contributed by atoms with Crippen LogP contribution in [0.1, 0.15) is 9.60 Å². The zero-order chi connectivity index (χ0) is 43.1. The summed E-state index contributed by atoms with van der Waals surface area (Å²) in [6.07, 6.45) is 0. The average Bonchev–Trinajstić information content (AvgIpc) is 3.87. The van der Waals surface area contributed by atoms with E-state index in [0.717, 1.165) is 60.9 Å². The molecule has 0 N–H and O–H groups in total. The molecule has 0 saturated carbocycles. The van der Waals surface area contributed by atoms with Crippen molar-refractivity contribution in [1.29, 1.82) is 0 Å². The first-order valence-electron chi connectivity index (χ1n) is 22.2. The molecule has 0 atom stereocenters. The van der Waals surface area contributed by atoms with Crippen LogP contribution in [0, 0.1) is 0 Å². The van der Waals surface area contributed by atoms with E-state index >= 15 is 0 Å². The van der Waals surface area contributed by atoms with Gasteiger partial charge in [-0.15, -0.1) is 0 Å². The third-order valence-electron chi connectivity index (χ3n) is 10.8. The summed E-state index contributed by atoms with van der Waals surface area (Å²) in [5.74, 6) is 0. The summed E-state index contributed by atoms with van der Waals surface area (Å²) in [4.78, 5) is 0. The van der Waals surface area contributed by atoms with Gasteiger partial charge in [-0.1, -0.05) is 152 Å². The van der Waals surface area contributed by atoms with Crippen molar-refractivity contribution in [2.24, 2.45) is 0 Å². The van der Waals surface area contributed by atoms with Crippen molar-refractivity contribution < 1.29 is 9.60 Å². The van der Waals surface area contributed by atoms with Crippen molar-refractivity contribution in [3.05, 3.63) is 218 Å². The van der Waals surface area contributed by atoms with Crippen LogP contribution in [0.4, 0.5) is 0 Å². The smallest absolute Gasteiger partial charge is 0.0645 e. The molecule has 0 bridgehead atoms. The van der Waals surface area contributed by atoms with Crippen LogP contribution in [0.5, 0.6) is 0 Å². The molecule has 2 heterocycles. The molecule has 0 spiro atoms. The van der Waals surface area contributed by atoms with Gasteiger partial charge in [-0.25, -0.2) is 0 Å². The Morgan fingerprint density at radius 1 is 0.286 bits per heavy atom. The van der Waals surface area contributed by atoms with Gasteiger partial charge in [-0.05, 0) is 111 Å². The highest BCUT2D eigenvalue weighted by atomic mass is 15.0. The Kier molecular flexibility index (Phi) is 6.01. The van der Waals surface area contributed by atoms with Gasteiger partial charge in [0.05, 0.1) is 31.7 Å². The van der Waals surface area contributed by atoms with Gasteiger partial charge >= 0.3 is 0 Å². The van der Waals surface area contributed by atoms with Crippen molar-refractivity contribution in [3.63, 3.8) is 0 Å². The molecule has 2 heteroatoms. The maximum atomic E-state index is 9.91. The Morgan fingerprint density at radius 2 is 0.768 bits per heavy atom. The minimum Gasteiger partial charge on any atom is -0.309 e. The molecule has 0 saturated heterocycles. The van der Waals surface area contributed by atoms with E-state index in [9.17, 15) is 6.85 Å². The van der Waals surface area contributed by atoms with Crippen molar-refractivity contribution in [2.45, 2.75) is 0 Å². The fourth-order valence-electron chi connectivity index (χ4n) is 8.07. The fraction of sp³-hybridized carbons (Fsp3) is 0. The van der Waals surface area contributed by atoms with Gasteiger partial charge in [0.15, 0.2) is 0 Å². The van der Waals surface area contributed by atoms with E-state index in [1.807, 2.05) is 109 Å². The van der Waals surface area contributed by atoms with E-state index in [4.69, 9.17) is 2.74 Å². The Labute approximate surface area is 335 Å². The zero-order valence-electron chi connectivity index (χ0n) is 37.1. The molecule has 11 aromatic rings. The number of hydrogen-bond acceptors (Lipinski definition) is 0. The lowest BCUT2D eigenvalue weighted by Crippen LogP contribution is -1.94. The summed E-state index contributed by atoms with van der Waals surface area (Å²) in [7, 11) is 0. The number of fused-ring (bicyclic) bond motifs is 6. The second-order valence-electron chi connectivity index (χ2n) is 14.0. The minimum atomic E-state index is -0.424. The average molecular weight is 720 g/mol. The molecule has 2 aromatic heterocycles. The molecule has 0 aliphatic heterocycles. The molecular formula is C54H36N2. The Bertz CT molecular complexity index is 3620. The Hall–Kier alpha value is -7.42. The van der Waals surface area contributed by atoms with Crippen LogP contribution >= 0.6 is 0 Å². The van der Waals surface area contributed by atoms with E-state index in [1.165, 1.54) is 0 Å². The third kappa shape index (κ3) is 5.34. The fourth-order valence-corrected chi connectivity index (χ4v) is 8.07. The lowest BCUT2D eigenvalue weighted by Gasteiger charge is -2.11. The second kappa shape index (κ2) is 13.2. The summed E-state index contributed by atoms with van der Waals surface area (Å²) in [5, 5.41) is 2.23. The van der Waals surface area contributed by atoms with Gasteiger partial charge in [0, 0.05) is 32.9 Å². The molecule has 0 amide bonds. The van der Waals surface area contributed by atoms with Crippen molar-refractivity contribution in [3.8, 4) is 55.9 Å². The number of benzene rings is 9. The van der Waals surface area contributed by atoms with Gasteiger partial charge in [0.2, 0.25) is 0 Å². The Morgan fingerprint density at radius 3 is 1.41 bits per heavy atom. The largest absolute Gasteiger partial charge is 0.309 e. The molecule has 0 aliphatic rings. The first-order chi connectivity index (χ1) is 30.7. The molecule has 11 rings (SSSR count). The summed E-state index contributed by atoms with van der Waals surface area (Å²) in [6.45, 7) is 0. The van der Waals surface area contributed by atoms with E-state index in [-0.39, 0.29) is 57.6 Å². The highest BCUT2D eigenvalue weighted by molar-refractivity contribution is 6.13. The summed E-state index contributed by atoms with van der Waals surface area (Å²) < 4.78 is 68.8. The van der Waals surface area contributed by atoms with Crippen LogP contribution in [0.25, 0.3) is 99.5 Å². The maximum absolute atomic E-state index is 9.91. The van der Waals surface area contributed by atoms with Gasteiger partial charge in [-0.3, -0.25) is 0 Å². The van der Waals surface area contributed by atoms with E-state index in [1.54, 1.807) is 4.57 Å². The first-order valence-corrected chi connectivity index (χ1v) is 18.7. The number of rotatable bonds is 6. The summed E-state index contributed by atoms with van der Waals surface area (Å²) in [6, 6.07) is 56.9. The molecule has 2 nitrogen and oxygen atoms in total. The third-order valence-corrected chi connectivity index (χ3v) is 10.8. The SMILES string of the molecule is [2H]c1c([2H])c([2H])c2c(c1[2H])c1c([2H])c(-c3ccc4c(c3)c3cc(-c5ccccc5)ccc3n4-c3ccc(-c4ccccc4)cc3)c([2H])c([2H])c1n2-c1cccc(-c2ccccc2)c1. The van der Waals surface area contributed by atoms with E-state index in [0.29, 0.717) is 11.3 Å². The predicted octanol–water partition coefficient (Wildman–Crippen LogP) is 14.5. The topological polar surface area (TPSA) is 9.86 Å².